The summed E-state index contributed by atoms with van der Waals surface area (Å²) in [5.41, 5.74) is 0.909. The van der Waals surface area contributed by atoms with Crippen LogP contribution in [0.3, 0.4) is 0 Å². The van der Waals surface area contributed by atoms with Crippen LogP contribution in [0.1, 0.15) is 34.5 Å². The molecule has 0 unspecified atom stereocenters. The van der Waals surface area contributed by atoms with Crippen LogP contribution in [0.15, 0.2) is 35.7 Å². The molecule has 1 aromatic carbocycles. The minimum atomic E-state index is -0.904. The minimum absolute atomic E-state index is 0.0635. The molecule has 9 heteroatoms. The summed E-state index contributed by atoms with van der Waals surface area (Å²) >= 11 is 1.52. The molecule has 2 aliphatic heterocycles. The van der Waals surface area contributed by atoms with Crippen molar-refractivity contribution in [2.75, 3.05) is 19.0 Å². The number of ether oxygens (including phenoxy) is 2. The summed E-state index contributed by atoms with van der Waals surface area (Å²) in [4.78, 5) is 39.1. The maximum Gasteiger partial charge on any atom is 0.305 e. The van der Waals surface area contributed by atoms with Gasteiger partial charge in [-0.1, -0.05) is 6.07 Å². The Morgan fingerprint density at radius 3 is 2.87 bits per heavy atom. The van der Waals surface area contributed by atoms with Gasteiger partial charge in [0.15, 0.2) is 0 Å². The Labute approximate surface area is 183 Å². The van der Waals surface area contributed by atoms with Gasteiger partial charge in [0.25, 0.3) is 5.91 Å². The Morgan fingerprint density at radius 1 is 1.29 bits per heavy atom. The molecule has 1 fully saturated rings. The van der Waals surface area contributed by atoms with E-state index in [1.165, 1.54) is 11.3 Å². The molecule has 2 amide bonds. The highest BCUT2D eigenvalue weighted by molar-refractivity contribution is 7.10. The number of nitrogens with zero attached hydrogens (tertiary/aromatic N) is 1. The molecule has 2 aromatic rings. The molecule has 0 bridgehead atoms. The number of fused-ring (bicyclic) bond motifs is 2. The second-order valence-corrected chi connectivity index (χ2v) is 8.81. The van der Waals surface area contributed by atoms with Crippen molar-refractivity contribution in [3.05, 3.63) is 46.2 Å². The van der Waals surface area contributed by atoms with Gasteiger partial charge in [0.2, 0.25) is 5.91 Å². The summed E-state index contributed by atoms with van der Waals surface area (Å²) in [7, 11) is 1.72. The lowest BCUT2D eigenvalue weighted by Gasteiger charge is -2.42. The summed E-state index contributed by atoms with van der Waals surface area (Å²) in [6.07, 6.45) is 0.636. The van der Waals surface area contributed by atoms with Gasteiger partial charge >= 0.3 is 5.97 Å². The number of likely N-dealkylation sites (N-methyl/N-ethyl adjacent to an activating group) is 1. The number of anilines is 1. The molecule has 0 aliphatic carbocycles. The molecule has 3 atom stereocenters. The van der Waals surface area contributed by atoms with Crippen molar-refractivity contribution in [1.82, 2.24) is 4.90 Å². The third-order valence-corrected chi connectivity index (χ3v) is 6.49. The van der Waals surface area contributed by atoms with Gasteiger partial charge in [-0.3, -0.25) is 14.4 Å². The van der Waals surface area contributed by atoms with Gasteiger partial charge < -0.3 is 24.8 Å². The predicted octanol–water partition coefficient (Wildman–Crippen LogP) is 2.78. The highest BCUT2D eigenvalue weighted by Gasteiger charge is 2.39. The first-order valence-corrected chi connectivity index (χ1v) is 11.0. The molecule has 0 radical (unpaired) electrons. The number of benzene rings is 1. The van der Waals surface area contributed by atoms with E-state index in [9.17, 15) is 14.4 Å². The Balaban J connectivity index is 1.49. The number of hydrogen-bond acceptors (Lipinski definition) is 6. The predicted molar refractivity (Wildman–Crippen MR) is 115 cm³/mol. The van der Waals surface area contributed by atoms with Crippen molar-refractivity contribution in [2.24, 2.45) is 0 Å². The molecule has 164 valence electrons. The first-order chi connectivity index (χ1) is 14.9. The van der Waals surface area contributed by atoms with E-state index in [2.05, 4.69) is 5.32 Å². The average molecular weight is 445 g/mol. The van der Waals surface area contributed by atoms with Gasteiger partial charge in [0, 0.05) is 17.6 Å². The molecule has 3 heterocycles. The largest absolute Gasteiger partial charge is 0.490 e. The maximum atomic E-state index is 13.2. The second-order valence-electron chi connectivity index (χ2n) is 7.78. The van der Waals surface area contributed by atoms with Crippen LogP contribution in [0.5, 0.6) is 5.75 Å². The first-order valence-electron chi connectivity index (χ1n) is 10.1. The number of aliphatic carboxylic acids is 1. The number of thiophene rings is 1. The number of carboxylic acid groups (broad SMARTS) is 1. The van der Waals surface area contributed by atoms with Crippen molar-refractivity contribution in [3.8, 4) is 5.75 Å². The molecule has 2 aliphatic rings. The molecule has 0 saturated carbocycles. The number of carbonyl (C=O) groups is 3. The summed E-state index contributed by atoms with van der Waals surface area (Å²) in [6, 6.07) is 8.60. The molecule has 0 spiro atoms. The lowest BCUT2D eigenvalue weighted by atomic mass is 9.94. The molecule has 31 heavy (non-hydrogen) atoms. The summed E-state index contributed by atoms with van der Waals surface area (Å²) in [6.45, 7) is 0.218. The van der Waals surface area contributed by atoms with Crippen LogP contribution >= 0.6 is 11.3 Å². The Bertz CT molecular complexity index is 976. The van der Waals surface area contributed by atoms with E-state index in [1.54, 1.807) is 30.1 Å². The fourth-order valence-corrected chi connectivity index (χ4v) is 4.78. The van der Waals surface area contributed by atoms with Crippen LogP contribution in [0.25, 0.3) is 0 Å². The summed E-state index contributed by atoms with van der Waals surface area (Å²) in [5, 5.41) is 13.8. The van der Waals surface area contributed by atoms with Crippen molar-refractivity contribution in [3.63, 3.8) is 0 Å². The quantitative estimate of drug-likeness (QED) is 0.735. The van der Waals surface area contributed by atoms with Gasteiger partial charge in [-0.05, 0) is 42.5 Å². The molecule has 1 aromatic heterocycles. The standard InChI is InChI=1S/C22H24N2O6S/c1-24-17-6-5-14(10-21(26)27)30-19(17)12-29-18-7-4-13(9-16(18)22(24)28)23-20(25)11-15-3-2-8-31-15/h2-4,7-9,14,17,19H,5-6,10-12H2,1H3,(H,23,25)(H,26,27)/t14-,17+,19+/m0/s1. The van der Waals surface area contributed by atoms with Crippen LogP contribution in [-0.2, 0) is 20.7 Å². The van der Waals surface area contributed by atoms with Gasteiger partial charge in [-0.15, -0.1) is 11.3 Å². The van der Waals surface area contributed by atoms with E-state index in [1.807, 2.05) is 17.5 Å². The number of hydrogen-bond donors (Lipinski definition) is 2. The van der Waals surface area contributed by atoms with Crippen molar-refractivity contribution in [1.29, 1.82) is 0 Å². The zero-order valence-electron chi connectivity index (χ0n) is 17.1. The molecule has 1 saturated heterocycles. The average Bonchev–Trinajstić information content (AvgIpc) is 3.23. The number of carbonyl (C=O) groups excluding carboxylic acids is 2. The van der Waals surface area contributed by atoms with Crippen molar-refractivity contribution < 1.29 is 29.0 Å². The van der Waals surface area contributed by atoms with Gasteiger partial charge in [-0.25, -0.2) is 0 Å². The lowest BCUT2D eigenvalue weighted by molar-refractivity contribution is -0.148. The van der Waals surface area contributed by atoms with Gasteiger partial charge in [-0.2, -0.15) is 0 Å². The Hall–Kier alpha value is -2.91. The van der Waals surface area contributed by atoms with E-state index in [0.717, 1.165) is 4.88 Å². The van der Waals surface area contributed by atoms with E-state index >= 15 is 0 Å². The number of rotatable bonds is 5. The Kier molecular flexibility index (Phi) is 6.24. The van der Waals surface area contributed by atoms with Crippen LogP contribution in [-0.4, -0.2) is 59.7 Å². The van der Waals surface area contributed by atoms with E-state index in [0.29, 0.717) is 29.8 Å². The second kappa shape index (κ2) is 9.07. The smallest absolute Gasteiger partial charge is 0.305 e. The molecular weight excluding hydrogens is 420 g/mol. The normalized spacial score (nSPS) is 23.1. The zero-order chi connectivity index (χ0) is 22.0. The fraction of sp³-hybridized carbons (Fsp3) is 0.409. The fourth-order valence-electron chi connectivity index (χ4n) is 4.08. The van der Waals surface area contributed by atoms with Crippen LogP contribution < -0.4 is 10.1 Å². The van der Waals surface area contributed by atoms with E-state index in [-0.39, 0.29) is 43.4 Å². The maximum absolute atomic E-state index is 13.2. The third-order valence-electron chi connectivity index (χ3n) is 5.61. The van der Waals surface area contributed by atoms with Crippen molar-refractivity contribution in [2.45, 2.75) is 43.9 Å². The molecule has 8 nitrogen and oxygen atoms in total. The zero-order valence-corrected chi connectivity index (χ0v) is 17.9. The van der Waals surface area contributed by atoms with Crippen molar-refractivity contribution >= 4 is 34.8 Å². The van der Waals surface area contributed by atoms with E-state index in [4.69, 9.17) is 14.6 Å². The molecular formula is C22H24N2O6S. The SMILES string of the molecule is CN1C(=O)c2cc(NC(=O)Cc3cccs3)ccc2OC[C@H]2O[C@H](CC(=O)O)CC[C@H]21. The highest BCUT2D eigenvalue weighted by Crippen LogP contribution is 2.32. The number of carboxylic acids is 1. The minimum Gasteiger partial charge on any atom is -0.490 e. The van der Waals surface area contributed by atoms with Gasteiger partial charge in [0.1, 0.15) is 18.5 Å². The Morgan fingerprint density at radius 2 is 2.13 bits per heavy atom. The monoisotopic (exact) mass is 444 g/mol. The first kappa shape index (κ1) is 21.3. The number of nitrogens with one attached hydrogen (secondary N) is 1. The highest BCUT2D eigenvalue weighted by atomic mass is 32.1. The molecule has 2 N–H and O–H groups in total. The summed E-state index contributed by atoms with van der Waals surface area (Å²) in [5.74, 6) is -0.867. The van der Waals surface area contributed by atoms with Crippen LogP contribution in [0.4, 0.5) is 5.69 Å². The van der Waals surface area contributed by atoms with Crippen LogP contribution in [0.2, 0.25) is 0 Å². The summed E-state index contributed by atoms with van der Waals surface area (Å²) < 4.78 is 11.8. The molecule has 4 rings (SSSR count). The van der Waals surface area contributed by atoms with Gasteiger partial charge in [0.05, 0.1) is 30.6 Å². The third kappa shape index (κ3) is 4.88. The van der Waals surface area contributed by atoms with E-state index < -0.39 is 12.1 Å². The van der Waals surface area contributed by atoms with Crippen LogP contribution in [0, 0.1) is 0 Å². The topological polar surface area (TPSA) is 105 Å². The lowest BCUT2D eigenvalue weighted by Crippen LogP contribution is -2.53. The number of amides is 2.